The third-order valence-electron chi connectivity index (χ3n) is 6.47. The number of rotatable bonds is 5. The third-order valence-corrected chi connectivity index (χ3v) is 6.47. The summed E-state index contributed by atoms with van der Waals surface area (Å²) in [5.41, 5.74) is 6.46. The van der Waals surface area contributed by atoms with E-state index in [4.69, 9.17) is 10.3 Å². The standard InChI is InChI=1S/C20H32N4O2/c1-13-10-17(8-9-24(13)12-14-2-6-16(21)7-3-14)22-20(25)18-11-19(26-23-18)15-4-5-15/h11,13-17H,2-10,12,21H2,1H3,(H,22,25)/t13-,14-,16-,17?/m0/s1. The van der Waals surface area contributed by atoms with Gasteiger partial charge in [-0.2, -0.15) is 0 Å². The topological polar surface area (TPSA) is 84.4 Å². The van der Waals surface area contributed by atoms with Crippen molar-refractivity contribution in [3.63, 3.8) is 0 Å². The van der Waals surface area contributed by atoms with E-state index >= 15 is 0 Å². The molecule has 0 aromatic carbocycles. The van der Waals surface area contributed by atoms with Crippen LogP contribution in [0.1, 0.15) is 80.5 Å². The predicted molar refractivity (Wildman–Crippen MR) is 99.9 cm³/mol. The molecule has 1 unspecified atom stereocenters. The fraction of sp³-hybridized carbons (Fsp3) is 0.800. The quantitative estimate of drug-likeness (QED) is 0.843. The van der Waals surface area contributed by atoms with Gasteiger partial charge in [0.2, 0.25) is 0 Å². The van der Waals surface area contributed by atoms with Crippen molar-refractivity contribution < 1.29 is 9.32 Å². The first-order valence-corrected chi connectivity index (χ1v) is 10.4. The van der Waals surface area contributed by atoms with Crippen LogP contribution in [0.4, 0.5) is 0 Å². The summed E-state index contributed by atoms with van der Waals surface area (Å²) in [6, 6.07) is 2.97. The van der Waals surface area contributed by atoms with Crippen LogP contribution in [0.3, 0.4) is 0 Å². The second-order valence-electron chi connectivity index (χ2n) is 8.71. The normalized spacial score (nSPS) is 33.2. The lowest BCUT2D eigenvalue weighted by atomic mass is 9.85. The largest absolute Gasteiger partial charge is 0.360 e. The molecule has 2 heterocycles. The van der Waals surface area contributed by atoms with Gasteiger partial charge in [0, 0.05) is 43.2 Å². The molecule has 2 atom stereocenters. The van der Waals surface area contributed by atoms with Crippen molar-refractivity contribution in [2.75, 3.05) is 13.1 Å². The molecule has 144 valence electrons. The number of likely N-dealkylation sites (tertiary alicyclic amines) is 1. The number of aromatic nitrogens is 1. The van der Waals surface area contributed by atoms with Crippen molar-refractivity contribution in [1.82, 2.24) is 15.4 Å². The number of nitrogens with zero attached hydrogens (tertiary/aromatic N) is 2. The molecule has 0 radical (unpaired) electrons. The highest BCUT2D eigenvalue weighted by Gasteiger charge is 2.31. The molecule has 6 nitrogen and oxygen atoms in total. The molecule has 3 N–H and O–H groups in total. The fourth-order valence-corrected chi connectivity index (χ4v) is 4.54. The van der Waals surface area contributed by atoms with Crippen LogP contribution in [0.25, 0.3) is 0 Å². The molecular weight excluding hydrogens is 328 g/mol. The van der Waals surface area contributed by atoms with Gasteiger partial charge in [0.05, 0.1) is 0 Å². The number of nitrogens with one attached hydrogen (secondary N) is 1. The maximum atomic E-state index is 12.4. The van der Waals surface area contributed by atoms with Crippen molar-refractivity contribution in [1.29, 1.82) is 0 Å². The number of piperidine rings is 1. The van der Waals surface area contributed by atoms with E-state index in [9.17, 15) is 4.79 Å². The maximum absolute atomic E-state index is 12.4. The second-order valence-corrected chi connectivity index (χ2v) is 8.71. The van der Waals surface area contributed by atoms with E-state index in [2.05, 4.69) is 22.3 Å². The molecule has 1 aromatic heterocycles. The van der Waals surface area contributed by atoms with Crippen LogP contribution in [-0.4, -0.2) is 47.2 Å². The number of nitrogens with two attached hydrogens (primary N) is 1. The maximum Gasteiger partial charge on any atom is 0.273 e. The lowest BCUT2D eigenvalue weighted by Gasteiger charge is -2.40. The van der Waals surface area contributed by atoms with Crippen LogP contribution in [0.2, 0.25) is 0 Å². The van der Waals surface area contributed by atoms with Gasteiger partial charge in [0.15, 0.2) is 5.69 Å². The highest BCUT2D eigenvalue weighted by molar-refractivity contribution is 5.92. The SMILES string of the molecule is C[C@H]1CC(NC(=O)c2cc(C3CC3)on2)CCN1C[C@H]1CC[C@H](N)CC1. The molecule has 6 heteroatoms. The van der Waals surface area contributed by atoms with E-state index < -0.39 is 0 Å². The minimum absolute atomic E-state index is 0.0902. The highest BCUT2D eigenvalue weighted by atomic mass is 16.5. The summed E-state index contributed by atoms with van der Waals surface area (Å²) in [4.78, 5) is 15.0. The molecule has 1 aromatic rings. The third kappa shape index (κ3) is 4.29. The van der Waals surface area contributed by atoms with Crippen molar-refractivity contribution in [2.45, 2.75) is 82.3 Å². The molecular formula is C20H32N4O2. The number of hydrogen-bond donors (Lipinski definition) is 2. The van der Waals surface area contributed by atoms with E-state index in [1.807, 2.05) is 6.07 Å². The zero-order chi connectivity index (χ0) is 18.1. The van der Waals surface area contributed by atoms with Gasteiger partial charge in [-0.1, -0.05) is 5.16 Å². The Kier molecular flexibility index (Phi) is 5.32. The Hall–Kier alpha value is -1.40. The predicted octanol–water partition coefficient (Wildman–Crippen LogP) is 2.65. The van der Waals surface area contributed by atoms with Gasteiger partial charge in [-0.25, -0.2) is 0 Å². The Balaban J connectivity index is 1.24. The van der Waals surface area contributed by atoms with Crippen LogP contribution in [0.15, 0.2) is 10.6 Å². The van der Waals surface area contributed by atoms with Gasteiger partial charge in [0.25, 0.3) is 5.91 Å². The Morgan fingerprint density at radius 1 is 1.27 bits per heavy atom. The zero-order valence-corrected chi connectivity index (χ0v) is 15.8. The molecule has 1 saturated heterocycles. The average Bonchev–Trinajstić information content (AvgIpc) is 3.36. The van der Waals surface area contributed by atoms with Gasteiger partial charge >= 0.3 is 0 Å². The second kappa shape index (κ2) is 7.69. The number of hydrogen-bond acceptors (Lipinski definition) is 5. The molecule has 0 spiro atoms. The minimum atomic E-state index is -0.0902. The van der Waals surface area contributed by atoms with E-state index in [0.717, 1.165) is 43.9 Å². The van der Waals surface area contributed by atoms with Crippen LogP contribution in [-0.2, 0) is 0 Å². The first kappa shape index (κ1) is 18.0. The summed E-state index contributed by atoms with van der Waals surface area (Å²) < 4.78 is 5.30. The fourth-order valence-electron chi connectivity index (χ4n) is 4.54. The van der Waals surface area contributed by atoms with Crippen LogP contribution < -0.4 is 11.1 Å². The van der Waals surface area contributed by atoms with Gasteiger partial charge in [-0.15, -0.1) is 0 Å². The number of amides is 1. The lowest BCUT2D eigenvalue weighted by Crippen LogP contribution is -2.50. The average molecular weight is 361 g/mol. The smallest absolute Gasteiger partial charge is 0.273 e. The monoisotopic (exact) mass is 360 g/mol. The van der Waals surface area contributed by atoms with E-state index in [1.54, 1.807) is 0 Å². The molecule has 3 fully saturated rings. The summed E-state index contributed by atoms with van der Waals surface area (Å²) >= 11 is 0. The van der Waals surface area contributed by atoms with Gasteiger partial charge < -0.3 is 20.5 Å². The Bertz CT molecular complexity index is 619. The summed E-state index contributed by atoms with van der Waals surface area (Å²) in [5, 5.41) is 7.12. The first-order chi connectivity index (χ1) is 12.6. The molecule has 0 bridgehead atoms. The van der Waals surface area contributed by atoms with Crippen molar-refractivity contribution in [3.05, 3.63) is 17.5 Å². The van der Waals surface area contributed by atoms with E-state index in [-0.39, 0.29) is 11.9 Å². The summed E-state index contributed by atoms with van der Waals surface area (Å²) in [5.74, 6) is 2.05. The van der Waals surface area contributed by atoms with Gasteiger partial charge in [-0.3, -0.25) is 4.79 Å². The Morgan fingerprint density at radius 3 is 2.73 bits per heavy atom. The van der Waals surface area contributed by atoms with E-state index in [0.29, 0.717) is 23.7 Å². The minimum Gasteiger partial charge on any atom is -0.360 e. The first-order valence-electron chi connectivity index (χ1n) is 10.4. The Morgan fingerprint density at radius 2 is 2.04 bits per heavy atom. The molecule has 26 heavy (non-hydrogen) atoms. The zero-order valence-electron chi connectivity index (χ0n) is 15.8. The molecule has 4 rings (SSSR count). The molecule has 2 aliphatic carbocycles. The van der Waals surface area contributed by atoms with Gasteiger partial charge in [0.1, 0.15) is 5.76 Å². The summed E-state index contributed by atoms with van der Waals surface area (Å²) in [6.45, 7) is 4.53. The lowest BCUT2D eigenvalue weighted by molar-refractivity contribution is 0.0819. The summed E-state index contributed by atoms with van der Waals surface area (Å²) in [7, 11) is 0. The van der Waals surface area contributed by atoms with Gasteiger partial charge in [-0.05, 0) is 64.2 Å². The number of carbonyl (C=O) groups is 1. The highest BCUT2D eigenvalue weighted by Crippen LogP contribution is 2.40. The number of carbonyl (C=O) groups excluding carboxylic acids is 1. The van der Waals surface area contributed by atoms with Crippen molar-refractivity contribution in [2.24, 2.45) is 11.7 Å². The molecule has 2 saturated carbocycles. The van der Waals surface area contributed by atoms with Crippen LogP contribution in [0.5, 0.6) is 0 Å². The van der Waals surface area contributed by atoms with Crippen LogP contribution >= 0.6 is 0 Å². The molecule has 1 aliphatic heterocycles. The van der Waals surface area contributed by atoms with E-state index in [1.165, 1.54) is 32.2 Å². The molecule has 3 aliphatic rings. The summed E-state index contributed by atoms with van der Waals surface area (Å²) in [6.07, 6.45) is 9.19. The Labute approximate surface area is 155 Å². The van der Waals surface area contributed by atoms with Crippen molar-refractivity contribution in [3.8, 4) is 0 Å². The van der Waals surface area contributed by atoms with Crippen LogP contribution in [0, 0.1) is 5.92 Å². The van der Waals surface area contributed by atoms with Crippen molar-refractivity contribution >= 4 is 5.91 Å². The molecule has 1 amide bonds.